The van der Waals surface area contributed by atoms with Crippen molar-refractivity contribution in [1.29, 1.82) is 0 Å². The van der Waals surface area contributed by atoms with E-state index in [1.807, 2.05) is 12.1 Å². The van der Waals surface area contributed by atoms with Crippen LogP contribution in [0, 0.1) is 0 Å². The molecule has 16 heavy (non-hydrogen) atoms. The van der Waals surface area contributed by atoms with Gasteiger partial charge < -0.3 is 0 Å². The fourth-order valence-corrected chi connectivity index (χ4v) is 1.93. The van der Waals surface area contributed by atoms with Crippen molar-refractivity contribution < 1.29 is 0 Å². The van der Waals surface area contributed by atoms with Gasteiger partial charge in [-0.2, -0.15) is 5.10 Å². The highest BCUT2D eigenvalue weighted by atomic mass is 15.1. The van der Waals surface area contributed by atoms with Crippen molar-refractivity contribution in [2.24, 2.45) is 0 Å². The molecule has 2 aromatic heterocycles. The van der Waals surface area contributed by atoms with Gasteiger partial charge in [-0.3, -0.25) is 10.1 Å². The standard InChI is InChI=1S/C13H17N3/c1-3-10(4-2)11-6-5-7-12(15-11)13-8-9-14-16-13/h5-10H,3-4H2,1-2H3,(H,14,16). The molecule has 0 bridgehead atoms. The van der Waals surface area contributed by atoms with Crippen LogP contribution in [0.5, 0.6) is 0 Å². The van der Waals surface area contributed by atoms with Crippen molar-refractivity contribution in [2.75, 3.05) is 0 Å². The number of rotatable bonds is 4. The summed E-state index contributed by atoms with van der Waals surface area (Å²) in [4.78, 5) is 4.69. The second-order valence-corrected chi connectivity index (χ2v) is 3.93. The third-order valence-corrected chi connectivity index (χ3v) is 2.95. The zero-order valence-electron chi connectivity index (χ0n) is 9.77. The number of nitrogens with zero attached hydrogens (tertiary/aromatic N) is 2. The minimum Gasteiger partial charge on any atom is -0.276 e. The second-order valence-electron chi connectivity index (χ2n) is 3.93. The number of hydrogen-bond donors (Lipinski definition) is 1. The van der Waals surface area contributed by atoms with Gasteiger partial charge in [0.15, 0.2) is 0 Å². The van der Waals surface area contributed by atoms with E-state index in [-0.39, 0.29) is 0 Å². The molecular weight excluding hydrogens is 198 g/mol. The molecule has 0 radical (unpaired) electrons. The quantitative estimate of drug-likeness (QED) is 0.849. The smallest absolute Gasteiger partial charge is 0.0883 e. The minimum absolute atomic E-state index is 0.558. The van der Waals surface area contributed by atoms with Crippen molar-refractivity contribution in [2.45, 2.75) is 32.6 Å². The van der Waals surface area contributed by atoms with Crippen molar-refractivity contribution >= 4 is 0 Å². The normalized spacial score (nSPS) is 10.9. The maximum Gasteiger partial charge on any atom is 0.0883 e. The van der Waals surface area contributed by atoms with E-state index in [1.165, 1.54) is 5.69 Å². The summed E-state index contributed by atoms with van der Waals surface area (Å²) < 4.78 is 0. The lowest BCUT2D eigenvalue weighted by Gasteiger charge is -2.12. The van der Waals surface area contributed by atoms with Gasteiger partial charge >= 0.3 is 0 Å². The molecule has 0 atom stereocenters. The van der Waals surface area contributed by atoms with Gasteiger partial charge in [0, 0.05) is 17.8 Å². The summed E-state index contributed by atoms with van der Waals surface area (Å²) in [6, 6.07) is 8.13. The predicted molar refractivity (Wildman–Crippen MR) is 65.1 cm³/mol. The molecule has 0 aromatic carbocycles. The van der Waals surface area contributed by atoms with E-state index < -0.39 is 0 Å². The second kappa shape index (κ2) is 4.92. The van der Waals surface area contributed by atoms with Crippen LogP contribution in [0.25, 0.3) is 11.4 Å². The average Bonchev–Trinajstić information content (AvgIpc) is 2.85. The lowest BCUT2D eigenvalue weighted by Crippen LogP contribution is -1.99. The van der Waals surface area contributed by atoms with Crippen molar-refractivity contribution in [3.8, 4) is 11.4 Å². The molecule has 2 rings (SSSR count). The van der Waals surface area contributed by atoms with Crippen LogP contribution in [-0.2, 0) is 0 Å². The van der Waals surface area contributed by atoms with Crippen molar-refractivity contribution in [1.82, 2.24) is 15.2 Å². The molecule has 0 amide bonds. The van der Waals surface area contributed by atoms with E-state index >= 15 is 0 Å². The van der Waals surface area contributed by atoms with Gasteiger partial charge in [-0.15, -0.1) is 0 Å². The van der Waals surface area contributed by atoms with Gasteiger partial charge in [-0.25, -0.2) is 0 Å². The van der Waals surface area contributed by atoms with Crippen LogP contribution in [0.1, 0.15) is 38.3 Å². The Morgan fingerprint density at radius 1 is 1.19 bits per heavy atom. The van der Waals surface area contributed by atoms with Crippen LogP contribution >= 0.6 is 0 Å². The number of H-pyrrole nitrogens is 1. The third-order valence-electron chi connectivity index (χ3n) is 2.95. The largest absolute Gasteiger partial charge is 0.276 e. The van der Waals surface area contributed by atoms with E-state index in [4.69, 9.17) is 0 Å². The number of nitrogens with one attached hydrogen (secondary N) is 1. The maximum absolute atomic E-state index is 4.69. The van der Waals surface area contributed by atoms with Gasteiger partial charge in [0.2, 0.25) is 0 Å². The first-order valence-corrected chi connectivity index (χ1v) is 5.81. The molecule has 2 aromatic rings. The molecule has 0 saturated heterocycles. The van der Waals surface area contributed by atoms with Gasteiger partial charge in [-0.05, 0) is 31.0 Å². The summed E-state index contributed by atoms with van der Waals surface area (Å²) in [5, 5.41) is 6.89. The summed E-state index contributed by atoms with van der Waals surface area (Å²) >= 11 is 0. The number of aromatic nitrogens is 3. The fourth-order valence-electron chi connectivity index (χ4n) is 1.93. The summed E-state index contributed by atoms with van der Waals surface area (Å²) in [5.74, 6) is 0.558. The van der Waals surface area contributed by atoms with E-state index in [0.717, 1.165) is 24.2 Å². The summed E-state index contributed by atoms with van der Waals surface area (Å²) in [5.41, 5.74) is 3.13. The summed E-state index contributed by atoms with van der Waals surface area (Å²) in [6.07, 6.45) is 4.02. The average molecular weight is 215 g/mol. The fraction of sp³-hybridized carbons (Fsp3) is 0.385. The van der Waals surface area contributed by atoms with Crippen molar-refractivity contribution in [3.63, 3.8) is 0 Å². The van der Waals surface area contributed by atoms with Crippen LogP contribution in [0.2, 0.25) is 0 Å². The molecule has 0 spiro atoms. The Bertz CT molecular complexity index is 430. The van der Waals surface area contributed by atoms with E-state index in [9.17, 15) is 0 Å². The molecule has 3 nitrogen and oxygen atoms in total. The minimum atomic E-state index is 0.558. The van der Waals surface area contributed by atoms with Crippen LogP contribution < -0.4 is 0 Å². The molecule has 3 heteroatoms. The Labute approximate surface area is 95.9 Å². The first-order chi connectivity index (χ1) is 7.85. The summed E-state index contributed by atoms with van der Waals surface area (Å²) in [7, 11) is 0. The molecule has 0 saturated carbocycles. The van der Waals surface area contributed by atoms with E-state index in [1.54, 1.807) is 6.20 Å². The zero-order valence-corrected chi connectivity index (χ0v) is 9.77. The lowest BCUT2D eigenvalue weighted by molar-refractivity contribution is 0.624. The Hall–Kier alpha value is -1.64. The highest BCUT2D eigenvalue weighted by molar-refractivity contribution is 5.53. The molecule has 0 aliphatic rings. The zero-order chi connectivity index (χ0) is 11.4. The van der Waals surface area contributed by atoms with Crippen LogP contribution in [0.4, 0.5) is 0 Å². The molecule has 1 N–H and O–H groups in total. The predicted octanol–water partition coefficient (Wildman–Crippen LogP) is 3.38. The molecular formula is C13H17N3. The Morgan fingerprint density at radius 2 is 2.00 bits per heavy atom. The lowest BCUT2D eigenvalue weighted by atomic mass is 9.98. The molecule has 84 valence electrons. The monoisotopic (exact) mass is 215 g/mol. The molecule has 2 heterocycles. The highest BCUT2D eigenvalue weighted by Gasteiger charge is 2.09. The van der Waals surface area contributed by atoms with Gasteiger partial charge in [-0.1, -0.05) is 19.9 Å². The molecule has 0 unspecified atom stereocenters. The SMILES string of the molecule is CCC(CC)c1cccc(-c2ccn[nH]2)n1. The molecule has 0 aliphatic heterocycles. The summed E-state index contributed by atoms with van der Waals surface area (Å²) in [6.45, 7) is 4.41. The number of aromatic amines is 1. The third kappa shape index (κ3) is 2.13. The van der Waals surface area contributed by atoms with Gasteiger partial charge in [0.25, 0.3) is 0 Å². The highest BCUT2D eigenvalue weighted by Crippen LogP contribution is 2.23. The Morgan fingerprint density at radius 3 is 2.62 bits per heavy atom. The van der Waals surface area contributed by atoms with Crippen LogP contribution in [0.15, 0.2) is 30.5 Å². The Balaban J connectivity index is 2.33. The van der Waals surface area contributed by atoms with Gasteiger partial charge in [0.05, 0.1) is 11.4 Å². The Kier molecular flexibility index (Phi) is 3.34. The first kappa shape index (κ1) is 10.9. The van der Waals surface area contributed by atoms with E-state index in [0.29, 0.717) is 5.92 Å². The van der Waals surface area contributed by atoms with Crippen LogP contribution in [-0.4, -0.2) is 15.2 Å². The van der Waals surface area contributed by atoms with Crippen molar-refractivity contribution in [3.05, 3.63) is 36.2 Å². The first-order valence-electron chi connectivity index (χ1n) is 5.81. The van der Waals surface area contributed by atoms with Gasteiger partial charge in [0.1, 0.15) is 0 Å². The topological polar surface area (TPSA) is 41.6 Å². The number of hydrogen-bond acceptors (Lipinski definition) is 2. The molecule has 0 aliphatic carbocycles. The maximum atomic E-state index is 4.69. The molecule has 0 fully saturated rings. The number of pyridine rings is 1. The van der Waals surface area contributed by atoms with Crippen LogP contribution in [0.3, 0.4) is 0 Å². The van der Waals surface area contributed by atoms with E-state index in [2.05, 4.69) is 41.2 Å².